The number of hydrogen-bond donors (Lipinski definition) is 1. The van der Waals surface area contributed by atoms with E-state index in [1.54, 1.807) is 30.2 Å². The van der Waals surface area contributed by atoms with Crippen molar-refractivity contribution in [2.75, 3.05) is 27.3 Å². The zero-order valence-corrected chi connectivity index (χ0v) is 11.8. The van der Waals surface area contributed by atoms with Crippen LogP contribution in [-0.4, -0.2) is 43.2 Å². The smallest absolute Gasteiger partial charge is 0.253 e. The Kier molecular flexibility index (Phi) is 4.65. The number of rotatable bonds is 4. The maximum atomic E-state index is 12.3. The predicted octanol–water partition coefficient (Wildman–Crippen LogP) is 1.52. The molecule has 1 aromatic carbocycles. The number of methoxy groups -OCH3 is 1. The van der Waals surface area contributed by atoms with Crippen LogP contribution in [0.5, 0.6) is 5.75 Å². The number of carbonyl (C=O) groups excluding carboxylic acids is 1. The molecule has 0 unspecified atom stereocenters. The maximum Gasteiger partial charge on any atom is 0.253 e. The predicted molar refractivity (Wildman–Crippen MR) is 76.6 cm³/mol. The van der Waals surface area contributed by atoms with Crippen molar-refractivity contribution in [3.05, 3.63) is 29.3 Å². The fourth-order valence-electron chi connectivity index (χ4n) is 2.06. The van der Waals surface area contributed by atoms with E-state index in [-0.39, 0.29) is 12.5 Å². The summed E-state index contributed by atoms with van der Waals surface area (Å²) in [7, 11) is 3.38. The van der Waals surface area contributed by atoms with Crippen LogP contribution in [0, 0.1) is 17.8 Å². The van der Waals surface area contributed by atoms with Gasteiger partial charge in [-0.25, -0.2) is 0 Å². The Balaban J connectivity index is 2.20. The third-order valence-electron chi connectivity index (χ3n) is 3.32. The summed E-state index contributed by atoms with van der Waals surface area (Å²) in [6.07, 6.45) is 2.43. The van der Waals surface area contributed by atoms with Crippen LogP contribution in [0.3, 0.4) is 0 Å². The highest BCUT2D eigenvalue weighted by Gasteiger charge is 2.25. The van der Waals surface area contributed by atoms with Gasteiger partial charge in [0.05, 0.1) is 12.7 Å². The van der Waals surface area contributed by atoms with Gasteiger partial charge >= 0.3 is 0 Å². The van der Waals surface area contributed by atoms with Gasteiger partial charge in [-0.3, -0.25) is 4.79 Å². The first-order valence-corrected chi connectivity index (χ1v) is 6.69. The van der Waals surface area contributed by atoms with Crippen molar-refractivity contribution < 1.29 is 14.6 Å². The first-order valence-electron chi connectivity index (χ1n) is 6.69. The normalized spacial score (nSPS) is 13.3. The molecular weight excluding hydrogens is 254 g/mol. The molecule has 106 valence electrons. The molecule has 0 aliphatic heterocycles. The molecule has 0 spiro atoms. The van der Waals surface area contributed by atoms with Crippen LogP contribution in [0.4, 0.5) is 0 Å². The van der Waals surface area contributed by atoms with E-state index in [1.165, 1.54) is 12.8 Å². The Bertz CT molecular complexity index is 553. The van der Waals surface area contributed by atoms with E-state index < -0.39 is 0 Å². The number of aliphatic hydroxyl groups excluding tert-OH is 1. The van der Waals surface area contributed by atoms with Crippen LogP contribution in [-0.2, 0) is 0 Å². The standard InChI is InChI=1S/C16H19NO3/c1-17(11-12-5-6-12)16(19)14-7-8-15(20-2)13(10-14)4-3-9-18/h7-8,10,12,18H,5-6,9,11H2,1-2H3. The fraction of sp³-hybridized carbons (Fsp3) is 0.438. The number of amides is 1. The van der Waals surface area contributed by atoms with Gasteiger partial charge in [-0.05, 0) is 37.0 Å². The van der Waals surface area contributed by atoms with Crippen molar-refractivity contribution in [1.82, 2.24) is 4.90 Å². The molecule has 1 aliphatic carbocycles. The number of carbonyl (C=O) groups is 1. The van der Waals surface area contributed by atoms with Crippen molar-refractivity contribution in [1.29, 1.82) is 0 Å². The molecule has 1 aliphatic rings. The Morgan fingerprint density at radius 3 is 2.85 bits per heavy atom. The molecule has 0 radical (unpaired) electrons. The number of hydrogen-bond acceptors (Lipinski definition) is 3. The van der Waals surface area contributed by atoms with Gasteiger partial charge in [-0.2, -0.15) is 0 Å². The lowest BCUT2D eigenvalue weighted by atomic mass is 10.1. The molecule has 4 heteroatoms. The average Bonchev–Trinajstić information content (AvgIpc) is 3.27. The zero-order chi connectivity index (χ0) is 14.5. The number of ether oxygens (including phenoxy) is 1. The summed E-state index contributed by atoms with van der Waals surface area (Å²) in [6, 6.07) is 5.20. The van der Waals surface area contributed by atoms with Crippen molar-refractivity contribution in [2.24, 2.45) is 5.92 Å². The summed E-state index contributed by atoms with van der Waals surface area (Å²) in [6.45, 7) is 0.589. The van der Waals surface area contributed by atoms with Crippen molar-refractivity contribution in [2.45, 2.75) is 12.8 Å². The van der Waals surface area contributed by atoms with Gasteiger partial charge < -0.3 is 14.7 Å². The summed E-state index contributed by atoms with van der Waals surface area (Å²) in [5, 5.41) is 8.77. The molecule has 2 rings (SSSR count). The highest BCUT2D eigenvalue weighted by Crippen LogP contribution is 2.30. The number of nitrogens with zero attached hydrogens (tertiary/aromatic N) is 1. The molecule has 4 nitrogen and oxygen atoms in total. The van der Waals surface area contributed by atoms with Crippen molar-refractivity contribution in [3.8, 4) is 17.6 Å². The van der Waals surface area contributed by atoms with E-state index >= 15 is 0 Å². The molecule has 0 aromatic heterocycles. The first-order chi connectivity index (χ1) is 9.65. The van der Waals surface area contributed by atoms with Crippen LogP contribution in [0.1, 0.15) is 28.8 Å². The summed E-state index contributed by atoms with van der Waals surface area (Å²) >= 11 is 0. The van der Waals surface area contributed by atoms with Crippen LogP contribution in [0.25, 0.3) is 0 Å². The second-order valence-corrected chi connectivity index (χ2v) is 5.00. The van der Waals surface area contributed by atoms with Gasteiger partial charge in [0.15, 0.2) is 0 Å². The topological polar surface area (TPSA) is 49.8 Å². The Labute approximate surface area is 119 Å². The maximum absolute atomic E-state index is 12.3. The van der Waals surface area contributed by atoms with E-state index in [0.29, 0.717) is 22.8 Å². The van der Waals surface area contributed by atoms with E-state index in [1.807, 2.05) is 7.05 Å². The second kappa shape index (κ2) is 6.44. The molecule has 0 bridgehead atoms. The molecule has 0 heterocycles. The minimum atomic E-state index is -0.219. The first kappa shape index (κ1) is 14.4. The van der Waals surface area contributed by atoms with Crippen LogP contribution < -0.4 is 4.74 Å². The van der Waals surface area contributed by atoms with Gasteiger partial charge in [0.25, 0.3) is 5.91 Å². The van der Waals surface area contributed by atoms with Gasteiger partial charge in [0, 0.05) is 19.2 Å². The molecule has 1 aromatic rings. The summed E-state index contributed by atoms with van der Waals surface area (Å²) in [5.41, 5.74) is 1.21. The van der Waals surface area contributed by atoms with Crippen molar-refractivity contribution in [3.63, 3.8) is 0 Å². The minimum absolute atomic E-state index is 0.00778. The number of benzene rings is 1. The van der Waals surface area contributed by atoms with Gasteiger partial charge in [-0.15, -0.1) is 0 Å². The van der Waals surface area contributed by atoms with E-state index in [4.69, 9.17) is 9.84 Å². The molecular formula is C16H19NO3. The molecule has 1 fully saturated rings. The lowest BCUT2D eigenvalue weighted by Gasteiger charge is -2.17. The SMILES string of the molecule is COc1ccc(C(=O)N(C)CC2CC2)cc1C#CCO. The summed E-state index contributed by atoms with van der Waals surface area (Å²) in [5.74, 6) is 6.64. The molecule has 1 amide bonds. The Morgan fingerprint density at radius 1 is 1.50 bits per heavy atom. The number of aliphatic hydroxyl groups is 1. The summed E-state index contributed by atoms with van der Waals surface area (Å²) in [4.78, 5) is 14.1. The zero-order valence-electron chi connectivity index (χ0n) is 11.8. The van der Waals surface area contributed by atoms with Gasteiger partial charge in [0.1, 0.15) is 12.4 Å². The monoisotopic (exact) mass is 273 g/mol. The second-order valence-electron chi connectivity index (χ2n) is 5.00. The molecule has 0 saturated heterocycles. The average molecular weight is 273 g/mol. The third-order valence-corrected chi connectivity index (χ3v) is 3.32. The largest absolute Gasteiger partial charge is 0.495 e. The Hall–Kier alpha value is -1.99. The summed E-state index contributed by atoms with van der Waals surface area (Å²) < 4.78 is 5.20. The molecule has 0 atom stereocenters. The highest BCUT2D eigenvalue weighted by molar-refractivity contribution is 5.94. The fourth-order valence-corrected chi connectivity index (χ4v) is 2.06. The third kappa shape index (κ3) is 3.52. The van der Waals surface area contributed by atoms with Gasteiger partial charge in [0.2, 0.25) is 0 Å². The molecule has 1 saturated carbocycles. The molecule has 1 N–H and O–H groups in total. The van der Waals surface area contributed by atoms with Crippen LogP contribution in [0.15, 0.2) is 18.2 Å². The minimum Gasteiger partial charge on any atom is -0.495 e. The van der Waals surface area contributed by atoms with Crippen LogP contribution in [0.2, 0.25) is 0 Å². The quantitative estimate of drug-likeness (QED) is 0.846. The van der Waals surface area contributed by atoms with Crippen molar-refractivity contribution >= 4 is 5.91 Å². The van der Waals surface area contributed by atoms with E-state index in [0.717, 1.165) is 6.54 Å². The van der Waals surface area contributed by atoms with E-state index in [2.05, 4.69) is 11.8 Å². The highest BCUT2D eigenvalue weighted by atomic mass is 16.5. The van der Waals surface area contributed by atoms with E-state index in [9.17, 15) is 4.79 Å². The van der Waals surface area contributed by atoms with Crippen LogP contribution >= 0.6 is 0 Å². The lowest BCUT2D eigenvalue weighted by Crippen LogP contribution is -2.28. The lowest BCUT2D eigenvalue weighted by molar-refractivity contribution is 0.0788. The van der Waals surface area contributed by atoms with Gasteiger partial charge in [-0.1, -0.05) is 11.8 Å². The Morgan fingerprint density at radius 2 is 2.25 bits per heavy atom. The molecule has 20 heavy (non-hydrogen) atoms.